The summed E-state index contributed by atoms with van der Waals surface area (Å²) >= 11 is 0. The maximum Gasteiger partial charge on any atom is 0.407 e. The lowest BCUT2D eigenvalue weighted by Crippen LogP contribution is -2.55. The van der Waals surface area contributed by atoms with Crippen LogP contribution in [-0.4, -0.2) is 47.1 Å². The van der Waals surface area contributed by atoms with Crippen molar-refractivity contribution in [1.82, 2.24) is 4.90 Å². The third-order valence-electron chi connectivity index (χ3n) is 4.46. The number of fused-ring (bicyclic) bond motifs is 2. The zero-order valence-corrected chi connectivity index (χ0v) is 12.1. The maximum atomic E-state index is 14.2. The molecule has 2 atom stereocenters. The average molecular weight is 310 g/mol. The number of hydrogen-bond acceptors (Lipinski definition) is 3. The van der Waals surface area contributed by atoms with Crippen LogP contribution in [0.5, 0.6) is 0 Å². The highest BCUT2D eigenvalue weighted by Crippen LogP contribution is 2.34. The first-order chi connectivity index (χ1) is 10.4. The summed E-state index contributed by atoms with van der Waals surface area (Å²) in [7, 11) is 0. The first-order valence-corrected chi connectivity index (χ1v) is 7.14. The van der Waals surface area contributed by atoms with Gasteiger partial charge in [0.15, 0.2) is 5.78 Å². The molecule has 0 aromatic heterocycles. The molecule has 2 fully saturated rings. The van der Waals surface area contributed by atoms with E-state index in [4.69, 9.17) is 0 Å². The van der Waals surface area contributed by atoms with Gasteiger partial charge in [0.25, 0.3) is 0 Å². The minimum absolute atomic E-state index is 0.0874. The average Bonchev–Trinajstić information content (AvgIpc) is 2.72. The molecule has 1 N–H and O–H groups in total. The van der Waals surface area contributed by atoms with Gasteiger partial charge in [-0.2, -0.15) is 0 Å². The standard InChI is InChI=1S/C15H16F2N2O3/c1-8(20)11-4-13(17)14(5-12(11)16)18-6-9-2-3-10(7-18)19(9)15(21)22/h4-5,9-10H,2-3,6-7H2,1H3,(H,21,22). The van der Waals surface area contributed by atoms with Crippen LogP contribution in [0.3, 0.4) is 0 Å². The number of piperazine rings is 1. The molecule has 1 aromatic carbocycles. The Morgan fingerprint density at radius 1 is 1.14 bits per heavy atom. The number of rotatable bonds is 2. The van der Waals surface area contributed by atoms with Crippen molar-refractivity contribution in [2.45, 2.75) is 31.8 Å². The van der Waals surface area contributed by atoms with Crippen LogP contribution in [0.15, 0.2) is 12.1 Å². The first kappa shape index (κ1) is 14.7. The monoisotopic (exact) mass is 310 g/mol. The number of benzene rings is 1. The molecular formula is C15H16F2N2O3. The molecule has 2 aliphatic rings. The molecule has 7 heteroatoms. The van der Waals surface area contributed by atoms with Crippen LogP contribution in [0.2, 0.25) is 0 Å². The summed E-state index contributed by atoms with van der Waals surface area (Å²) in [5.41, 5.74) is -0.183. The van der Waals surface area contributed by atoms with Gasteiger partial charge < -0.3 is 10.0 Å². The molecule has 1 aromatic rings. The second-order valence-corrected chi connectivity index (χ2v) is 5.82. The highest BCUT2D eigenvalue weighted by atomic mass is 19.1. The number of carbonyl (C=O) groups excluding carboxylic acids is 1. The summed E-state index contributed by atoms with van der Waals surface area (Å²) < 4.78 is 28.1. The third kappa shape index (κ3) is 2.30. The number of nitrogens with zero attached hydrogens (tertiary/aromatic N) is 2. The van der Waals surface area contributed by atoms with Gasteiger partial charge in [0.1, 0.15) is 11.6 Å². The van der Waals surface area contributed by atoms with Crippen LogP contribution < -0.4 is 4.90 Å². The van der Waals surface area contributed by atoms with Crippen molar-refractivity contribution in [2.75, 3.05) is 18.0 Å². The number of amides is 1. The quantitative estimate of drug-likeness (QED) is 0.853. The minimum Gasteiger partial charge on any atom is -0.465 e. The number of Topliss-reactive ketones (excluding diaryl/α,β-unsaturated/α-hetero) is 1. The van der Waals surface area contributed by atoms with E-state index in [1.807, 2.05) is 0 Å². The van der Waals surface area contributed by atoms with E-state index < -0.39 is 23.5 Å². The largest absolute Gasteiger partial charge is 0.465 e. The van der Waals surface area contributed by atoms with Crippen molar-refractivity contribution in [3.8, 4) is 0 Å². The van der Waals surface area contributed by atoms with Gasteiger partial charge in [-0.15, -0.1) is 0 Å². The van der Waals surface area contributed by atoms with Crippen molar-refractivity contribution in [3.63, 3.8) is 0 Å². The number of anilines is 1. The van der Waals surface area contributed by atoms with Crippen molar-refractivity contribution in [3.05, 3.63) is 29.3 Å². The van der Waals surface area contributed by atoms with E-state index in [0.717, 1.165) is 25.0 Å². The number of hydrogen-bond donors (Lipinski definition) is 1. The lowest BCUT2D eigenvalue weighted by atomic mass is 10.1. The van der Waals surface area contributed by atoms with Crippen LogP contribution in [0.4, 0.5) is 19.3 Å². The van der Waals surface area contributed by atoms with Crippen molar-refractivity contribution < 1.29 is 23.5 Å². The van der Waals surface area contributed by atoms with Gasteiger partial charge in [-0.3, -0.25) is 9.69 Å². The second-order valence-electron chi connectivity index (χ2n) is 5.82. The molecule has 1 amide bonds. The summed E-state index contributed by atoms with van der Waals surface area (Å²) in [5, 5.41) is 9.21. The van der Waals surface area contributed by atoms with Crippen LogP contribution >= 0.6 is 0 Å². The Morgan fingerprint density at radius 2 is 1.73 bits per heavy atom. The lowest BCUT2D eigenvalue weighted by Gasteiger charge is -2.40. The number of carboxylic acid groups (broad SMARTS) is 1. The molecule has 0 spiro atoms. The number of ketones is 1. The molecule has 22 heavy (non-hydrogen) atoms. The summed E-state index contributed by atoms with van der Waals surface area (Å²) in [6.07, 6.45) is 0.484. The fraction of sp³-hybridized carbons (Fsp3) is 0.467. The summed E-state index contributed by atoms with van der Waals surface area (Å²) in [4.78, 5) is 25.6. The molecule has 0 aliphatic carbocycles. The van der Waals surface area contributed by atoms with E-state index in [0.29, 0.717) is 13.1 Å². The Bertz CT molecular complexity index is 636. The summed E-state index contributed by atoms with van der Waals surface area (Å²) in [6.45, 7) is 1.85. The lowest BCUT2D eigenvalue weighted by molar-refractivity contribution is 0.101. The molecular weight excluding hydrogens is 294 g/mol. The van der Waals surface area contributed by atoms with Crippen LogP contribution in [0.1, 0.15) is 30.1 Å². The van der Waals surface area contributed by atoms with E-state index >= 15 is 0 Å². The molecule has 0 saturated carbocycles. The summed E-state index contributed by atoms with van der Waals surface area (Å²) in [6, 6.07) is 1.54. The zero-order valence-electron chi connectivity index (χ0n) is 12.1. The Morgan fingerprint density at radius 3 is 2.23 bits per heavy atom. The van der Waals surface area contributed by atoms with Gasteiger partial charge in [-0.25, -0.2) is 13.6 Å². The smallest absolute Gasteiger partial charge is 0.407 e. The normalized spacial score (nSPS) is 23.8. The van der Waals surface area contributed by atoms with Crippen molar-refractivity contribution >= 4 is 17.6 Å². The van der Waals surface area contributed by atoms with Crippen molar-refractivity contribution in [1.29, 1.82) is 0 Å². The van der Waals surface area contributed by atoms with Crippen LogP contribution in [-0.2, 0) is 0 Å². The van der Waals surface area contributed by atoms with Gasteiger partial charge in [-0.05, 0) is 25.8 Å². The van der Waals surface area contributed by atoms with Gasteiger partial charge in [0.05, 0.1) is 23.3 Å². The molecule has 2 bridgehead atoms. The zero-order chi connectivity index (χ0) is 16.0. The SMILES string of the molecule is CC(=O)c1cc(F)c(N2CC3CCC(C2)N3C(=O)O)cc1F. The molecule has 2 heterocycles. The summed E-state index contributed by atoms with van der Waals surface area (Å²) in [5.74, 6) is -1.94. The highest BCUT2D eigenvalue weighted by molar-refractivity contribution is 5.94. The van der Waals surface area contributed by atoms with Crippen LogP contribution in [0.25, 0.3) is 0 Å². The maximum absolute atomic E-state index is 14.2. The number of carbonyl (C=O) groups is 2. The molecule has 2 aliphatic heterocycles. The van der Waals surface area contributed by atoms with E-state index in [2.05, 4.69) is 0 Å². The highest BCUT2D eigenvalue weighted by Gasteiger charge is 2.43. The van der Waals surface area contributed by atoms with Gasteiger partial charge >= 0.3 is 6.09 Å². The fourth-order valence-electron chi connectivity index (χ4n) is 3.46. The van der Waals surface area contributed by atoms with Gasteiger partial charge in [-0.1, -0.05) is 0 Å². The van der Waals surface area contributed by atoms with E-state index in [-0.39, 0.29) is 23.3 Å². The molecule has 118 valence electrons. The predicted molar refractivity (Wildman–Crippen MR) is 75.2 cm³/mol. The Hall–Kier alpha value is -2.18. The number of halogens is 2. The van der Waals surface area contributed by atoms with Gasteiger partial charge in [0, 0.05) is 19.2 Å². The Labute approximate surface area is 126 Å². The second kappa shape index (κ2) is 5.23. The molecule has 2 unspecified atom stereocenters. The molecule has 3 rings (SSSR count). The first-order valence-electron chi connectivity index (χ1n) is 7.14. The van der Waals surface area contributed by atoms with E-state index in [9.17, 15) is 23.5 Å². The van der Waals surface area contributed by atoms with Crippen LogP contribution in [0, 0.1) is 11.6 Å². The fourth-order valence-corrected chi connectivity index (χ4v) is 3.46. The van der Waals surface area contributed by atoms with E-state index in [1.54, 1.807) is 4.90 Å². The molecule has 0 radical (unpaired) electrons. The van der Waals surface area contributed by atoms with Crippen molar-refractivity contribution in [2.24, 2.45) is 0 Å². The topological polar surface area (TPSA) is 60.9 Å². The molecule has 5 nitrogen and oxygen atoms in total. The predicted octanol–water partition coefficient (Wildman–Crippen LogP) is 2.50. The molecule has 2 saturated heterocycles. The third-order valence-corrected chi connectivity index (χ3v) is 4.46. The van der Waals surface area contributed by atoms with E-state index in [1.165, 1.54) is 11.8 Å². The Kier molecular flexibility index (Phi) is 3.50. The Balaban J connectivity index is 1.89. The minimum atomic E-state index is -0.967. The van der Waals surface area contributed by atoms with Gasteiger partial charge in [0.2, 0.25) is 0 Å².